The number of rotatable bonds is 13. The highest BCUT2D eigenvalue weighted by atomic mass is 32.2. The van der Waals surface area contributed by atoms with Crippen LogP contribution in [-0.4, -0.2) is 66.7 Å². The Morgan fingerprint density at radius 2 is 1.97 bits per heavy atom. The minimum Gasteiger partial charge on any atom is -0.508 e. The number of benzene rings is 1. The van der Waals surface area contributed by atoms with Gasteiger partial charge in [-0.15, -0.1) is 5.10 Å². The molecule has 12 nitrogen and oxygen atoms in total. The second-order valence-corrected chi connectivity index (χ2v) is 10.2. The van der Waals surface area contributed by atoms with E-state index in [0.29, 0.717) is 25.1 Å². The van der Waals surface area contributed by atoms with Crippen LogP contribution in [0.4, 0.5) is 0 Å². The zero-order chi connectivity index (χ0) is 26.6. The van der Waals surface area contributed by atoms with E-state index in [1.54, 1.807) is 6.08 Å². The number of amides is 1. The molecule has 0 atom stereocenters. The maximum absolute atomic E-state index is 13.2. The molecular formula is C23H33N5O7S. The average Bonchev–Trinajstić information content (AvgIpc) is 2.86. The molecule has 1 aromatic rings. The lowest BCUT2D eigenvalue weighted by atomic mass is 9.98. The third kappa shape index (κ3) is 7.55. The van der Waals surface area contributed by atoms with Crippen LogP contribution in [-0.2, 0) is 19.4 Å². The molecule has 0 aliphatic carbocycles. The first-order valence-electron chi connectivity index (χ1n) is 11.2. The van der Waals surface area contributed by atoms with Crippen molar-refractivity contribution in [1.29, 1.82) is 0 Å². The highest BCUT2D eigenvalue weighted by molar-refractivity contribution is 7.93. The molecule has 1 amide bonds. The van der Waals surface area contributed by atoms with Crippen LogP contribution >= 0.6 is 0 Å². The van der Waals surface area contributed by atoms with Gasteiger partial charge in [0.05, 0.1) is 18.0 Å². The molecule has 0 bridgehead atoms. The number of carbonyl (C=O) groups is 1. The smallest absolute Gasteiger partial charge is 0.265 e. The number of ether oxygens (including phenoxy) is 2. The summed E-state index contributed by atoms with van der Waals surface area (Å²) >= 11 is 0. The van der Waals surface area contributed by atoms with E-state index < -0.39 is 20.5 Å². The zero-order valence-electron chi connectivity index (χ0n) is 19.9. The lowest BCUT2D eigenvalue weighted by molar-refractivity contribution is -0.134. The van der Waals surface area contributed by atoms with Crippen LogP contribution in [0.25, 0.3) is 0 Å². The molecule has 1 aliphatic heterocycles. The van der Waals surface area contributed by atoms with Gasteiger partial charge in [0.25, 0.3) is 5.91 Å². The van der Waals surface area contributed by atoms with E-state index in [2.05, 4.69) is 11.7 Å². The van der Waals surface area contributed by atoms with Crippen LogP contribution in [0.1, 0.15) is 25.7 Å². The summed E-state index contributed by atoms with van der Waals surface area (Å²) in [6.45, 7) is 4.29. The number of amidine groups is 1. The van der Waals surface area contributed by atoms with Crippen molar-refractivity contribution in [3.8, 4) is 5.75 Å². The molecule has 7 N–H and O–H groups in total. The van der Waals surface area contributed by atoms with Gasteiger partial charge in [-0.2, -0.15) is 0 Å². The van der Waals surface area contributed by atoms with Gasteiger partial charge in [-0.3, -0.25) is 10.0 Å². The number of hydrazone groups is 1. The molecule has 0 aromatic heterocycles. The molecule has 13 heteroatoms. The van der Waals surface area contributed by atoms with E-state index in [0.717, 1.165) is 0 Å². The van der Waals surface area contributed by atoms with Gasteiger partial charge in [0.1, 0.15) is 17.3 Å². The van der Waals surface area contributed by atoms with E-state index in [9.17, 15) is 18.3 Å². The fraction of sp³-hybridized carbons (Fsp3) is 0.391. The number of aliphatic hydroxyl groups is 1. The molecular weight excluding hydrogens is 490 g/mol. The van der Waals surface area contributed by atoms with Gasteiger partial charge in [0.15, 0.2) is 14.6 Å². The molecule has 0 unspecified atom stereocenters. The molecule has 198 valence electrons. The highest BCUT2D eigenvalue weighted by Crippen LogP contribution is 2.35. The number of hydrogen-bond acceptors (Lipinski definition) is 10. The summed E-state index contributed by atoms with van der Waals surface area (Å²) in [6.07, 6.45) is 6.67. The van der Waals surface area contributed by atoms with Gasteiger partial charge in [-0.1, -0.05) is 18.7 Å². The second kappa shape index (κ2) is 13.6. The van der Waals surface area contributed by atoms with Crippen LogP contribution in [0.5, 0.6) is 5.75 Å². The number of carbonyl (C=O) groups excluding carboxylic acids is 1. The topological polar surface area (TPSA) is 190 Å². The summed E-state index contributed by atoms with van der Waals surface area (Å²) in [5.74, 6) is 5.57. The minimum atomic E-state index is -4.10. The minimum absolute atomic E-state index is 0.0453. The van der Waals surface area contributed by atoms with Crippen LogP contribution < -0.4 is 21.8 Å². The second-order valence-electron chi connectivity index (χ2n) is 7.91. The Hall–Kier alpha value is -3.39. The van der Waals surface area contributed by atoms with Crippen molar-refractivity contribution in [3.63, 3.8) is 0 Å². The van der Waals surface area contributed by atoms with Crippen molar-refractivity contribution in [2.45, 2.75) is 35.3 Å². The standard InChI is InChI=1S/C23H33N5O7S/c1-2-5-18(29)6-3-7-21(24)26-28(25)14-4-15-35-19-8-10-20(11-9-19)36(32,33)23(22(30)27-31)12-16-34-17-13-23/h2-3,5-6,8-11,29,31H,1,4,7,12-17,25H2,(H2,24,26)(H,27,30)/b6-3-,18-5+. The summed E-state index contributed by atoms with van der Waals surface area (Å²) in [7, 11) is -4.10. The van der Waals surface area contributed by atoms with Gasteiger partial charge in [-0.25, -0.2) is 24.9 Å². The van der Waals surface area contributed by atoms with E-state index >= 15 is 0 Å². The SMILES string of the molecule is C=C/C=C(O)\C=C/C/C(N)=N/N(N)CCCOc1ccc(S(=O)(=O)C2(C(=O)NO)CCOCC2)cc1. The molecule has 1 aromatic carbocycles. The average molecular weight is 524 g/mol. The van der Waals surface area contributed by atoms with Crippen LogP contribution in [0.15, 0.2) is 70.9 Å². The van der Waals surface area contributed by atoms with Gasteiger partial charge in [-0.05, 0) is 49.3 Å². The maximum atomic E-state index is 13.2. The lowest BCUT2D eigenvalue weighted by Gasteiger charge is -2.34. The number of nitrogens with two attached hydrogens (primary N) is 2. The van der Waals surface area contributed by atoms with Crippen LogP contribution in [0, 0.1) is 0 Å². The third-order valence-electron chi connectivity index (χ3n) is 5.43. The number of aliphatic hydroxyl groups excluding tert-OH is 1. The van der Waals surface area contributed by atoms with Crippen LogP contribution in [0.2, 0.25) is 0 Å². The monoisotopic (exact) mass is 523 g/mol. The number of allylic oxidation sites excluding steroid dienone is 3. The number of nitrogens with zero attached hydrogens (tertiary/aromatic N) is 2. The highest BCUT2D eigenvalue weighted by Gasteiger charge is 2.52. The number of hydrazine groups is 1. The van der Waals surface area contributed by atoms with Crippen molar-refractivity contribution in [3.05, 3.63) is 60.9 Å². The Morgan fingerprint density at radius 3 is 2.58 bits per heavy atom. The first-order chi connectivity index (χ1) is 17.2. The number of hydroxylamine groups is 1. The van der Waals surface area contributed by atoms with E-state index in [-0.39, 0.29) is 49.2 Å². The fourth-order valence-corrected chi connectivity index (χ4v) is 5.45. The Bertz CT molecular complexity index is 1080. The van der Waals surface area contributed by atoms with Gasteiger partial charge in [0.2, 0.25) is 0 Å². The normalized spacial score (nSPS) is 16.5. The predicted octanol–water partition coefficient (Wildman–Crippen LogP) is 1.31. The summed E-state index contributed by atoms with van der Waals surface area (Å²) in [5.41, 5.74) is 7.29. The molecule has 36 heavy (non-hydrogen) atoms. The van der Waals surface area contributed by atoms with Gasteiger partial charge >= 0.3 is 0 Å². The van der Waals surface area contributed by atoms with Gasteiger partial charge < -0.3 is 20.3 Å². The maximum Gasteiger partial charge on any atom is 0.265 e. The van der Waals surface area contributed by atoms with E-state index in [1.807, 2.05) is 0 Å². The van der Waals surface area contributed by atoms with Crippen molar-refractivity contribution in [2.75, 3.05) is 26.4 Å². The Morgan fingerprint density at radius 1 is 1.31 bits per heavy atom. The largest absolute Gasteiger partial charge is 0.508 e. The van der Waals surface area contributed by atoms with Crippen molar-refractivity contribution in [1.82, 2.24) is 10.6 Å². The first-order valence-corrected chi connectivity index (χ1v) is 12.7. The van der Waals surface area contributed by atoms with Crippen molar-refractivity contribution < 1.29 is 33.0 Å². The molecule has 0 saturated carbocycles. The Kier molecular flexibility index (Phi) is 10.9. The molecule has 2 rings (SSSR count). The Balaban J connectivity index is 1.88. The van der Waals surface area contributed by atoms with Gasteiger partial charge in [0, 0.05) is 26.1 Å². The number of nitrogens with one attached hydrogen (secondary N) is 1. The molecule has 0 spiro atoms. The van der Waals surface area contributed by atoms with E-state index in [1.165, 1.54) is 53.1 Å². The van der Waals surface area contributed by atoms with Crippen molar-refractivity contribution in [2.24, 2.45) is 16.7 Å². The summed E-state index contributed by atoms with van der Waals surface area (Å²) < 4.78 is 35.5. The summed E-state index contributed by atoms with van der Waals surface area (Å²) in [4.78, 5) is 12.2. The third-order valence-corrected chi connectivity index (χ3v) is 7.94. The first kappa shape index (κ1) is 28.8. The number of sulfone groups is 1. The molecule has 1 aliphatic rings. The Labute approximate surface area is 210 Å². The fourth-order valence-electron chi connectivity index (χ4n) is 3.51. The molecule has 1 heterocycles. The molecule has 0 radical (unpaired) electrons. The van der Waals surface area contributed by atoms with Crippen molar-refractivity contribution >= 4 is 21.6 Å². The lowest BCUT2D eigenvalue weighted by Crippen LogP contribution is -2.54. The zero-order valence-corrected chi connectivity index (χ0v) is 20.7. The number of hydrogen-bond donors (Lipinski definition) is 5. The quantitative estimate of drug-likeness (QED) is 0.0368. The summed E-state index contributed by atoms with van der Waals surface area (Å²) in [6, 6.07) is 5.72. The molecule has 1 saturated heterocycles. The predicted molar refractivity (Wildman–Crippen MR) is 134 cm³/mol. The van der Waals surface area contributed by atoms with E-state index in [4.69, 9.17) is 26.3 Å². The molecule has 1 fully saturated rings. The summed E-state index contributed by atoms with van der Waals surface area (Å²) in [5, 5.41) is 23.8. The van der Waals surface area contributed by atoms with Crippen LogP contribution in [0.3, 0.4) is 0 Å².